The van der Waals surface area contributed by atoms with Gasteiger partial charge in [-0.1, -0.05) is 24.8 Å². The molecule has 1 nitrogen and oxygen atoms in total. The molecule has 0 saturated carbocycles. The Kier molecular flexibility index (Phi) is 19.2. The summed E-state index contributed by atoms with van der Waals surface area (Å²) in [6.07, 6.45) is 4.35. The van der Waals surface area contributed by atoms with Crippen LogP contribution in [0.5, 0.6) is 0 Å². The molecule has 36 heavy (non-hydrogen) atoms. The summed E-state index contributed by atoms with van der Waals surface area (Å²) in [5.74, 6) is 0.673. The van der Waals surface area contributed by atoms with Gasteiger partial charge >= 0.3 is 62.2 Å². The van der Waals surface area contributed by atoms with Crippen molar-refractivity contribution >= 4 is 23.2 Å². The molecule has 3 aromatic rings. The van der Waals surface area contributed by atoms with Gasteiger partial charge in [0.2, 0.25) is 0 Å². The van der Waals surface area contributed by atoms with Crippen LogP contribution in [-0.2, 0) is 4.74 Å². The molecule has 1 saturated heterocycles. The molecule has 0 radical (unpaired) electrons. The van der Waals surface area contributed by atoms with Crippen LogP contribution in [0.25, 0.3) is 11.1 Å². The molecule has 0 spiro atoms. The Morgan fingerprint density at radius 1 is 0.972 bits per heavy atom. The van der Waals surface area contributed by atoms with Gasteiger partial charge < -0.3 is 12.2 Å². The molecular weight excluding hydrogens is 949 g/mol. The van der Waals surface area contributed by atoms with Gasteiger partial charge in [0.1, 0.15) is 0 Å². The maximum Gasteiger partial charge on any atom is 2.00 e. The zero-order valence-corrected chi connectivity index (χ0v) is 30.4. The van der Waals surface area contributed by atoms with E-state index < -0.39 is 6.43 Å². The zero-order chi connectivity index (χ0) is 23.6. The zero-order valence-electron chi connectivity index (χ0n) is 20.6. The van der Waals surface area contributed by atoms with Gasteiger partial charge in [-0.05, 0) is 35.8 Å². The number of ether oxygens (including phenoxy) is 1. The first kappa shape index (κ1) is 36.0. The van der Waals surface area contributed by atoms with Gasteiger partial charge in [-0.25, -0.2) is 0 Å². The third-order valence-corrected chi connectivity index (χ3v) is 6.54. The van der Waals surface area contributed by atoms with Crippen LogP contribution in [0.15, 0.2) is 60.7 Å². The fraction of sp³-hybridized carbons (Fsp3) is 0.310. The number of rotatable bonds is 6. The predicted molar refractivity (Wildman–Crippen MR) is 138 cm³/mol. The fourth-order valence-corrected chi connectivity index (χ4v) is 4.25. The first-order valence-corrected chi connectivity index (χ1v) is 12.0. The monoisotopic (exact) mass is 978 g/mol. The average molecular weight is 980 g/mol. The third kappa shape index (κ3) is 11.0. The Hall–Kier alpha value is 0.0339. The van der Waals surface area contributed by atoms with Crippen LogP contribution in [0.4, 0.5) is 8.78 Å². The van der Waals surface area contributed by atoms with Crippen molar-refractivity contribution in [3.8, 4) is 11.1 Å². The van der Waals surface area contributed by atoms with Gasteiger partial charge in [0.15, 0.2) is 6.43 Å². The van der Waals surface area contributed by atoms with E-state index in [1.165, 1.54) is 37.8 Å². The van der Waals surface area contributed by atoms with Crippen LogP contribution in [0.1, 0.15) is 56.3 Å². The summed E-state index contributed by atoms with van der Waals surface area (Å²) in [5, 5.41) is 0.998. The van der Waals surface area contributed by atoms with E-state index in [4.69, 9.17) is 27.9 Å². The van der Waals surface area contributed by atoms with Crippen molar-refractivity contribution in [1.29, 1.82) is 0 Å². The molecule has 1 heterocycles. The van der Waals surface area contributed by atoms with E-state index in [9.17, 15) is 8.78 Å². The maximum atomic E-state index is 12.4. The van der Waals surface area contributed by atoms with E-state index in [1.54, 1.807) is 18.2 Å². The van der Waals surface area contributed by atoms with Crippen molar-refractivity contribution in [2.24, 2.45) is 5.92 Å². The van der Waals surface area contributed by atoms with Crippen LogP contribution in [0, 0.1) is 94.1 Å². The SMILES string of the molecule is CCCCC1CCC(c2ccc([C-](F)F)cc2)OC1.Clc1[c-]ccc(-c2cc[c-]cc2)c1Cl.[CH3-].[U+2].[U+2]. The molecule has 4 rings (SSSR count). The van der Waals surface area contributed by atoms with Crippen molar-refractivity contribution in [3.63, 3.8) is 0 Å². The Morgan fingerprint density at radius 3 is 2.19 bits per heavy atom. The summed E-state index contributed by atoms with van der Waals surface area (Å²) in [4.78, 5) is 0. The molecular formula is C29H30Cl2F2OU2. The molecule has 0 aliphatic carbocycles. The molecule has 2 unspecified atom stereocenters. The van der Waals surface area contributed by atoms with Crippen LogP contribution in [0.3, 0.4) is 0 Å². The number of unbranched alkanes of at least 4 members (excludes halogenated alkanes) is 1. The topological polar surface area (TPSA) is 9.23 Å². The van der Waals surface area contributed by atoms with Crippen molar-refractivity contribution in [2.75, 3.05) is 6.61 Å². The molecule has 1 fully saturated rings. The van der Waals surface area contributed by atoms with Gasteiger partial charge in [-0.15, -0.1) is 34.9 Å². The fourth-order valence-electron chi connectivity index (χ4n) is 3.86. The summed E-state index contributed by atoms with van der Waals surface area (Å²) in [6.45, 7) is 3.01. The smallest absolute Gasteiger partial charge is 0.373 e. The van der Waals surface area contributed by atoms with Crippen LogP contribution >= 0.6 is 23.2 Å². The Morgan fingerprint density at radius 2 is 1.64 bits per heavy atom. The van der Waals surface area contributed by atoms with Gasteiger partial charge in [0.25, 0.3) is 0 Å². The van der Waals surface area contributed by atoms with E-state index in [0.29, 0.717) is 16.0 Å². The number of hydrogen-bond acceptors (Lipinski definition) is 1. The molecule has 0 amide bonds. The Bertz CT molecular complexity index is 980. The summed E-state index contributed by atoms with van der Waals surface area (Å²) < 4.78 is 30.7. The molecule has 0 N–H and O–H groups in total. The van der Waals surface area contributed by atoms with Crippen LogP contribution in [0.2, 0.25) is 10.0 Å². The third-order valence-electron chi connectivity index (χ3n) is 5.76. The maximum absolute atomic E-state index is 12.4. The second kappa shape index (κ2) is 19.1. The van der Waals surface area contributed by atoms with Gasteiger partial charge in [-0.3, -0.25) is 8.78 Å². The van der Waals surface area contributed by atoms with Crippen molar-refractivity contribution in [3.05, 3.63) is 108 Å². The number of halogens is 4. The summed E-state index contributed by atoms with van der Waals surface area (Å²) in [7, 11) is 0. The van der Waals surface area contributed by atoms with Gasteiger partial charge in [0, 0.05) is 0 Å². The van der Waals surface area contributed by atoms with Gasteiger partial charge in [0.05, 0.1) is 12.7 Å². The number of benzene rings is 3. The van der Waals surface area contributed by atoms with E-state index in [0.717, 1.165) is 29.7 Å². The molecule has 0 aromatic heterocycles. The van der Waals surface area contributed by atoms with E-state index in [-0.39, 0.29) is 81.3 Å². The van der Waals surface area contributed by atoms with Crippen molar-refractivity contribution < 1.29 is 75.7 Å². The van der Waals surface area contributed by atoms with Crippen molar-refractivity contribution in [2.45, 2.75) is 45.1 Å². The van der Waals surface area contributed by atoms with Crippen molar-refractivity contribution in [1.82, 2.24) is 0 Å². The Balaban J connectivity index is 0.000000650. The second-order valence-electron chi connectivity index (χ2n) is 8.10. The number of hydrogen-bond donors (Lipinski definition) is 0. The molecule has 3 aromatic carbocycles. The van der Waals surface area contributed by atoms with E-state index >= 15 is 0 Å². The minimum absolute atomic E-state index is 0. The molecule has 1 aliphatic rings. The summed E-state index contributed by atoms with van der Waals surface area (Å²) in [5.41, 5.74) is 2.97. The van der Waals surface area contributed by atoms with Crippen LogP contribution in [-0.4, -0.2) is 6.61 Å². The average Bonchev–Trinajstić information content (AvgIpc) is 2.86. The Labute approximate surface area is 272 Å². The van der Waals surface area contributed by atoms with Crippen LogP contribution < -0.4 is 0 Å². The normalized spacial score (nSPS) is 16.2. The second-order valence-corrected chi connectivity index (χ2v) is 8.85. The quantitative estimate of drug-likeness (QED) is 0.224. The first-order chi connectivity index (χ1) is 16.0. The van der Waals surface area contributed by atoms with E-state index in [2.05, 4.69) is 19.1 Å². The molecule has 0 bridgehead atoms. The standard InChI is InChI=1S/C16H21F2O.C12H6Cl2.CH3.2U/c1-2-3-4-12-5-10-15(19-11-12)13-6-8-14(9-7-13)16(17)18;13-11-8-4-7-10(12(11)14)9-5-2-1-3-6-9;;;/h6-9,12,15H,2-5,10-11H2,1H3;2-7H;1H3;;/q-1;-2;-1;2*+2. The van der Waals surface area contributed by atoms with Gasteiger partial charge in [-0.2, -0.15) is 77.8 Å². The predicted octanol–water partition coefficient (Wildman–Crippen LogP) is 9.83. The molecule has 7 heteroatoms. The van der Waals surface area contributed by atoms with E-state index in [1.807, 2.05) is 30.3 Å². The summed E-state index contributed by atoms with van der Waals surface area (Å²) in [6, 6.07) is 23.5. The summed E-state index contributed by atoms with van der Waals surface area (Å²) >= 11 is 11.9. The molecule has 1 aliphatic heterocycles. The largest absolute Gasteiger partial charge is 2.00 e. The molecule has 188 valence electrons. The molecule has 2 atom stereocenters. The first-order valence-electron chi connectivity index (χ1n) is 11.2. The minimum Gasteiger partial charge on any atom is -0.373 e. The minimum atomic E-state index is -1.63.